The first-order chi connectivity index (χ1) is 19.9. The Morgan fingerprint density at radius 3 is 2.47 bits per heavy atom. The summed E-state index contributed by atoms with van der Waals surface area (Å²) in [6.07, 6.45) is 8.34. The molecule has 228 valence electrons. The minimum Gasteiger partial charge on any atom is -0.385 e. The van der Waals surface area contributed by atoms with Crippen LogP contribution < -0.4 is 0 Å². The van der Waals surface area contributed by atoms with Gasteiger partial charge in [0.15, 0.2) is 17.7 Å². The highest BCUT2D eigenvalue weighted by Crippen LogP contribution is 2.72. The molecule has 43 heavy (non-hydrogen) atoms. The fraction of sp³-hybridized carbons (Fsp3) is 0.649. The Bertz CT molecular complexity index is 1740. The van der Waals surface area contributed by atoms with Crippen LogP contribution in [0.3, 0.4) is 0 Å². The Labute approximate surface area is 254 Å². The van der Waals surface area contributed by atoms with Crippen molar-refractivity contribution in [1.82, 2.24) is 4.98 Å². The van der Waals surface area contributed by atoms with E-state index >= 15 is 0 Å². The molecule has 1 aromatic carbocycles. The molecule has 7 aliphatic rings. The van der Waals surface area contributed by atoms with Crippen LogP contribution in [0.15, 0.2) is 29.9 Å². The number of H-pyrrole nitrogens is 1. The highest BCUT2D eigenvalue weighted by atomic mass is 16.8. The van der Waals surface area contributed by atoms with E-state index in [1.807, 2.05) is 13.8 Å². The molecular formula is C37H45NO5. The minimum atomic E-state index is -1.20. The number of aromatic nitrogens is 1. The van der Waals surface area contributed by atoms with Crippen molar-refractivity contribution in [2.24, 2.45) is 17.3 Å². The molecular weight excluding hydrogens is 538 g/mol. The molecule has 2 N–H and O–H groups in total. The number of aromatic amines is 1. The van der Waals surface area contributed by atoms with Crippen molar-refractivity contribution in [2.45, 2.75) is 134 Å². The third-order valence-corrected chi connectivity index (χ3v) is 13.5. The molecule has 4 aliphatic carbocycles. The van der Waals surface area contributed by atoms with Crippen molar-refractivity contribution in [1.29, 1.82) is 0 Å². The van der Waals surface area contributed by atoms with Crippen LogP contribution in [0.5, 0.6) is 0 Å². The van der Waals surface area contributed by atoms with E-state index in [4.69, 9.17) is 14.2 Å². The molecule has 2 bridgehead atoms. The molecule has 3 aliphatic heterocycles. The van der Waals surface area contributed by atoms with Crippen LogP contribution >= 0.6 is 0 Å². The maximum absolute atomic E-state index is 13.3. The van der Waals surface area contributed by atoms with Gasteiger partial charge < -0.3 is 24.3 Å². The van der Waals surface area contributed by atoms with Crippen LogP contribution in [-0.2, 0) is 37.3 Å². The second kappa shape index (κ2) is 7.41. The molecule has 4 heterocycles. The predicted octanol–water partition coefficient (Wildman–Crippen LogP) is 6.47. The lowest BCUT2D eigenvalue weighted by Crippen LogP contribution is -2.69. The van der Waals surface area contributed by atoms with Gasteiger partial charge in [0, 0.05) is 45.3 Å². The van der Waals surface area contributed by atoms with E-state index in [1.54, 1.807) is 6.08 Å². The van der Waals surface area contributed by atoms with E-state index in [1.165, 1.54) is 38.9 Å². The van der Waals surface area contributed by atoms with Crippen LogP contribution in [0.4, 0.5) is 0 Å². The fourth-order valence-corrected chi connectivity index (χ4v) is 11.4. The average molecular weight is 584 g/mol. The zero-order valence-electron chi connectivity index (χ0n) is 26.9. The largest absolute Gasteiger partial charge is 0.385 e. The molecule has 0 radical (unpaired) electrons. The summed E-state index contributed by atoms with van der Waals surface area (Å²) in [5, 5.41) is 14.2. The molecule has 9 rings (SSSR count). The highest BCUT2D eigenvalue weighted by molar-refractivity contribution is 5.97. The van der Waals surface area contributed by atoms with Crippen molar-refractivity contribution in [3.63, 3.8) is 0 Å². The maximum atomic E-state index is 13.3. The van der Waals surface area contributed by atoms with Crippen molar-refractivity contribution >= 4 is 22.3 Å². The summed E-state index contributed by atoms with van der Waals surface area (Å²) in [4.78, 5) is 17.3. The third-order valence-electron chi connectivity index (χ3n) is 13.5. The number of aliphatic hydroxyl groups is 1. The van der Waals surface area contributed by atoms with Gasteiger partial charge in [0.05, 0.1) is 16.8 Å². The number of nitrogens with one attached hydrogen (secondary N) is 1. The van der Waals surface area contributed by atoms with Gasteiger partial charge in [-0.3, -0.25) is 4.79 Å². The Hall–Kier alpha value is -2.25. The Balaban J connectivity index is 1.18. The summed E-state index contributed by atoms with van der Waals surface area (Å²) < 4.78 is 19.5. The van der Waals surface area contributed by atoms with Gasteiger partial charge in [-0.15, -0.1) is 0 Å². The molecule has 2 saturated carbocycles. The van der Waals surface area contributed by atoms with Gasteiger partial charge >= 0.3 is 0 Å². The van der Waals surface area contributed by atoms with Gasteiger partial charge in [-0.1, -0.05) is 13.8 Å². The van der Waals surface area contributed by atoms with Gasteiger partial charge in [-0.25, -0.2) is 0 Å². The summed E-state index contributed by atoms with van der Waals surface area (Å²) in [6, 6.07) is 4.85. The molecule has 0 amide bonds. The van der Waals surface area contributed by atoms with Crippen LogP contribution in [0.2, 0.25) is 0 Å². The summed E-state index contributed by atoms with van der Waals surface area (Å²) >= 11 is 0. The van der Waals surface area contributed by atoms with Gasteiger partial charge in [-0.05, 0) is 126 Å². The first-order valence-corrected chi connectivity index (χ1v) is 16.4. The topological polar surface area (TPSA) is 80.8 Å². The fourth-order valence-electron chi connectivity index (χ4n) is 11.4. The second-order valence-corrected chi connectivity index (χ2v) is 16.9. The van der Waals surface area contributed by atoms with Crippen molar-refractivity contribution in [3.8, 4) is 0 Å². The van der Waals surface area contributed by atoms with E-state index in [9.17, 15) is 9.90 Å². The van der Waals surface area contributed by atoms with Gasteiger partial charge in [-0.2, -0.15) is 0 Å². The van der Waals surface area contributed by atoms with E-state index in [-0.39, 0.29) is 22.4 Å². The number of hydrogen-bond acceptors (Lipinski definition) is 5. The van der Waals surface area contributed by atoms with Crippen LogP contribution in [0.25, 0.3) is 16.5 Å². The van der Waals surface area contributed by atoms with Gasteiger partial charge in [0.2, 0.25) is 0 Å². The molecule has 1 aromatic heterocycles. The number of ether oxygens (including phenoxy) is 3. The van der Waals surface area contributed by atoms with Crippen molar-refractivity contribution in [2.75, 3.05) is 0 Å². The highest BCUT2D eigenvalue weighted by Gasteiger charge is 2.75. The zero-order chi connectivity index (χ0) is 30.3. The molecule has 2 aromatic rings. The first-order valence-electron chi connectivity index (χ1n) is 16.4. The Kier molecular flexibility index (Phi) is 4.67. The standard InChI is InChI=1S/C37H45NO5/c1-31(2)18-24-21-16-26-22(13-19(21)14-25(24)32(3,4)42-31)23-15-20-9-10-36(40)28-17-27(39)30-33(5,6)43-37(28,41-30)12-11-34(36,7)35(20,8)29(23)38-26/h13,16-18,20,25,30,38,40H,9-12,14-15H2,1-8H3/t20-,25?,30-,34+,35+,36+,37-/m0/s1. The van der Waals surface area contributed by atoms with Crippen molar-refractivity contribution < 1.29 is 24.1 Å². The normalized spacial score (nSPS) is 44.1. The Morgan fingerprint density at radius 1 is 0.930 bits per heavy atom. The number of benzene rings is 1. The number of carbonyl (C=O) groups is 1. The lowest BCUT2D eigenvalue weighted by molar-refractivity contribution is -0.247. The number of fused-ring (bicyclic) bond motifs is 12. The second-order valence-electron chi connectivity index (χ2n) is 16.9. The number of rotatable bonds is 0. The summed E-state index contributed by atoms with van der Waals surface area (Å²) in [5.41, 5.74) is 5.50. The quantitative estimate of drug-likeness (QED) is 0.372. The van der Waals surface area contributed by atoms with E-state index < -0.39 is 28.5 Å². The van der Waals surface area contributed by atoms with Gasteiger partial charge in [0.1, 0.15) is 5.60 Å². The maximum Gasteiger partial charge on any atom is 0.195 e. The average Bonchev–Trinajstić information content (AvgIpc) is 3.58. The number of carbonyl (C=O) groups excluding carboxylic acids is 1. The summed E-state index contributed by atoms with van der Waals surface area (Å²) in [6.45, 7) is 17.3. The lowest BCUT2D eigenvalue weighted by Gasteiger charge is -2.65. The van der Waals surface area contributed by atoms with E-state index in [0.717, 1.165) is 25.7 Å². The number of hydrogen-bond donors (Lipinski definition) is 2. The molecule has 7 atom stereocenters. The monoisotopic (exact) mass is 583 g/mol. The minimum absolute atomic E-state index is 0.0857. The van der Waals surface area contributed by atoms with E-state index in [2.05, 4.69) is 64.7 Å². The Morgan fingerprint density at radius 2 is 1.70 bits per heavy atom. The van der Waals surface area contributed by atoms with E-state index in [0.29, 0.717) is 30.3 Å². The molecule has 1 unspecified atom stereocenters. The van der Waals surface area contributed by atoms with Crippen LogP contribution in [-0.4, -0.2) is 50.2 Å². The summed E-state index contributed by atoms with van der Waals surface area (Å²) in [5.74, 6) is -0.330. The SMILES string of the molecule is CC1(C)C=C2c3cc4[nH]c5c(c4cc3CC2C(C)(C)O1)C[C@@H]1CC[C@@]2(O)C3=CC(=O)[C@@H]4O[C@@]3(CC[C@]2(C)[C@@]51C)OC4(C)C. The molecule has 6 heteroatoms. The van der Waals surface area contributed by atoms with Crippen LogP contribution in [0.1, 0.15) is 103 Å². The third kappa shape index (κ3) is 2.94. The first kappa shape index (κ1) is 27.1. The predicted molar refractivity (Wildman–Crippen MR) is 165 cm³/mol. The molecule has 3 fully saturated rings. The smallest absolute Gasteiger partial charge is 0.195 e. The van der Waals surface area contributed by atoms with Crippen molar-refractivity contribution in [3.05, 3.63) is 52.2 Å². The van der Waals surface area contributed by atoms with Gasteiger partial charge in [0.25, 0.3) is 0 Å². The molecule has 1 saturated heterocycles. The lowest BCUT2D eigenvalue weighted by atomic mass is 9.42. The van der Waals surface area contributed by atoms with Crippen LogP contribution in [0, 0.1) is 17.3 Å². The molecule has 1 spiro atoms. The summed E-state index contributed by atoms with van der Waals surface area (Å²) in [7, 11) is 0. The molecule has 6 nitrogen and oxygen atoms in total. The zero-order valence-corrected chi connectivity index (χ0v) is 26.9. The number of ketones is 1.